The van der Waals surface area contributed by atoms with Gasteiger partial charge in [-0.15, -0.1) is 0 Å². The summed E-state index contributed by atoms with van der Waals surface area (Å²) >= 11 is 0. The van der Waals surface area contributed by atoms with Crippen LogP contribution in [-0.4, -0.2) is 52.7 Å². The second-order valence-corrected chi connectivity index (χ2v) is 21.9. The van der Waals surface area contributed by atoms with Crippen LogP contribution < -0.4 is 9.80 Å². The molecule has 0 bridgehead atoms. The van der Waals surface area contributed by atoms with Crippen LogP contribution in [0, 0.1) is 0 Å². The van der Waals surface area contributed by atoms with Gasteiger partial charge in [0.05, 0.1) is 66.6 Å². The van der Waals surface area contributed by atoms with E-state index in [1.54, 1.807) is 49.1 Å². The Morgan fingerprint density at radius 2 is 0.605 bits per heavy atom. The first kappa shape index (κ1) is 47.6. The minimum absolute atomic E-state index is 0.147. The zero-order valence-electron chi connectivity index (χ0n) is 45.3. The summed E-state index contributed by atoms with van der Waals surface area (Å²) < 4.78 is 4.43. The monoisotopic (exact) mass is 1100 g/mol. The molecule has 0 spiro atoms. The van der Waals surface area contributed by atoms with Gasteiger partial charge in [-0.3, -0.25) is 39.1 Å². The predicted molar refractivity (Wildman–Crippen MR) is 340 cm³/mol. The molecular weight excluding hydrogens is 1060 g/mol. The van der Waals surface area contributed by atoms with Gasteiger partial charge >= 0.3 is 0 Å². The lowest BCUT2D eigenvalue weighted by Gasteiger charge is -2.35. The molecule has 8 heterocycles. The molecule has 0 N–H and O–H groups in total. The van der Waals surface area contributed by atoms with E-state index in [2.05, 4.69) is 57.7 Å². The highest BCUT2D eigenvalue weighted by Gasteiger charge is 2.45. The van der Waals surface area contributed by atoms with Crippen LogP contribution in [0.4, 0.5) is 11.4 Å². The van der Waals surface area contributed by atoms with Gasteiger partial charge in [0, 0.05) is 101 Å². The minimum atomic E-state index is -0.628. The predicted octanol–water partition coefficient (Wildman–Crippen LogP) is 16.2. The first-order valence-corrected chi connectivity index (χ1v) is 28.3. The number of hydrogen-bond donors (Lipinski definition) is 0. The lowest BCUT2D eigenvalue weighted by molar-refractivity contribution is 0.0874. The Labute approximate surface area is 487 Å². The van der Waals surface area contributed by atoms with Gasteiger partial charge < -0.3 is 9.13 Å². The summed E-state index contributed by atoms with van der Waals surface area (Å²) in [7, 11) is 0. The number of rotatable bonds is 6. The number of pyridine rings is 4. The summed E-state index contributed by atoms with van der Waals surface area (Å²) in [4.78, 5) is 86.5. The van der Waals surface area contributed by atoms with Gasteiger partial charge in [0.2, 0.25) is 0 Å². The van der Waals surface area contributed by atoms with E-state index in [1.165, 1.54) is 9.80 Å². The number of anilines is 2. The number of carbonyl (C=O) groups is 4. The Morgan fingerprint density at radius 1 is 0.279 bits per heavy atom. The highest BCUT2D eigenvalue weighted by Crippen LogP contribution is 2.50. The fourth-order valence-electron chi connectivity index (χ4n) is 13.8. The quantitative estimate of drug-likeness (QED) is 0.119. The molecule has 400 valence electrons. The highest BCUT2D eigenvalue weighted by atomic mass is 16.2. The van der Waals surface area contributed by atoms with Gasteiger partial charge in [-0.05, 0) is 131 Å². The number of amides is 4. The lowest BCUT2D eigenvalue weighted by Crippen LogP contribution is -2.44. The third-order valence-electron chi connectivity index (χ3n) is 17.5. The molecule has 4 amide bonds. The molecular formula is C74H40N8O4. The van der Waals surface area contributed by atoms with Gasteiger partial charge in [-0.1, -0.05) is 109 Å². The Morgan fingerprint density at radius 3 is 0.977 bits per heavy atom. The second-order valence-electron chi connectivity index (χ2n) is 21.9. The Kier molecular flexibility index (Phi) is 9.82. The summed E-state index contributed by atoms with van der Waals surface area (Å²) in [5, 5.41) is 7.32. The Hall–Kier alpha value is -12.0. The summed E-state index contributed by atoms with van der Waals surface area (Å²) in [6, 6.07) is 70.8. The molecule has 16 aromatic rings. The fraction of sp³-hybridized carbons (Fsp3) is 0. The normalized spacial score (nSPS) is 13.4. The number of benzene rings is 10. The van der Waals surface area contributed by atoms with Gasteiger partial charge in [-0.25, -0.2) is 9.80 Å². The van der Waals surface area contributed by atoms with E-state index in [0.29, 0.717) is 77.2 Å². The van der Waals surface area contributed by atoms with E-state index in [4.69, 9.17) is 19.9 Å². The van der Waals surface area contributed by atoms with Crippen molar-refractivity contribution < 1.29 is 19.2 Å². The van der Waals surface area contributed by atoms with Gasteiger partial charge in [0.15, 0.2) is 0 Å². The Bertz CT molecular complexity index is 5310. The molecule has 86 heavy (non-hydrogen) atoms. The molecule has 18 rings (SSSR count). The van der Waals surface area contributed by atoms with Crippen molar-refractivity contribution in [3.05, 3.63) is 265 Å². The molecule has 0 aliphatic carbocycles. The second kappa shape index (κ2) is 17.7. The molecule has 0 saturated heterocycles. The standard InChI is InChI=1S/C74H40N8O4/c83-71-55-39-53(41-25-29-45(30-26-41)79-57-21-5-1-15-47(57)48-16-2-6-22-58(48)79)65-63-56(72(84)81(73(65)85)61-37-43-13-9-33-75-67(43)69-51(61)19-11-35-77-69)40-54(42-27-31-46(32-28-42)80-59-23-7-3-17-49(59)50-18-4-8-24-60(50)80)66(64(55)63)74(86)82(71)62-38-44-14-10-34-76-68(44)70-52(62)20-12-36-78-70/h1-40H. The van der Waals surface area contributed by atoms with E-state index in [0.717, 1.165) is 55.0 Å². The van der Waals surface area contributed by atoms with Crippen LogP contribution in [0.15, 0.2) is 243 Å². The van der Waals surface area contributed by atoms with E-state index in [1.807, 2.05) is 146 Å². The molecule has 2 aliphatic rings. The molecule has 0 fully saturated rings. The van der Waals surface area contributed by atoms with Crippen LogP contribution in [-0.2, 0) is 0 Å². The zero-order chi connectivity index (χ0) is 57.1. The molecule has 0 radical (unpaired) electrons. The van der Waals surface area contributed by atoms with E-state index < -0.39 is 23.6 Å². The molecule has 12 heteroatoms. The van der Waals surface area contributed by atoms with Crippen molar-refractivity contribution in [2.45, 2.75) is 0 Å². The van der Waals surface area contributed by atoms with Crippen molar-refractivity contribution in [2.24, 2.45) is 0 Å². The number of fused-ring (bicyclic) bond motifs is 12. The largest absolute Gasteiger partial charge is 0.309 e. The van der Waals surface area contributed by atoms with E-state index in [-0.39, 0.29) is 33.0 Å². The van der Waals surface area contributed by atoms with Crippen LogP contribution in [0.1, 0.15) is 41.4 Å². The number of aromatic nitrogens is 6. The number of hydrogen-bond acceptors (Lipinski definition) is 8. The molecule has 10 aromatic carbocycles. The Balaban J connectivity index is 0.923. The number of imide groups is 2. The van der Waals surface area contributed by atoms with Crippen molar-refractivity contribution >= 4 is 133 Å². The molecule has 12 nitrogen and oxygen atoms in total. The molecule has 2 aliphatic heterocycles. The average molecular weight is 1110 g/mol. The number of carbonyl (C=O) groups excluding carboxylic acids is 4. The topological polar surface area (TPSA) is 136 Å². The van der Waals surface area contributed by atoms with Crippen molar-refractivity contribution in [3.63, 3.8) is 0 Å². The SMILES string of the molecule is O=C1c2cc(-c3ccc(-n4c5ccccc5c5ccccc54)cc3)c3c4c(cc(-c5ccc(-n6c7ccccc7c7ccccc76)cc5)c(c24)C(=O)N1c1cc2cccnc2c2ncccc12)C(=O)N(c1cc2cccnc2c2ncccc12)C3=O. The van der Waals surface area contributed by atoms with E-state index in [9.17, 15) is 0 Å². The van der Waals surface area contributed by atoms with Crippen molar-refractivity contribution in [1.29, 1.82) is 0 Å². The summed E-state index contributed by atoms with van der Waals surface area (Å²) in [6.45, 7) is 0. The first-order chi connectivity index (χ1) is 42.4. The van der Waals surface area contributed by atoms with Crippen molar-refractivity contribution in [2.75, 3.05) is 9.80 Å². The van der Waals surface area contributed by atoms with Crippen LogP contribution in [0.5, 0.6) is 0 Å². The van der Waals surface area contributed by atoms with Crippen LogP contribution in [0.3, 0.4) is 0 Å². The number of para-hydroxylation sites is 4. The van der Waals surface area contributed by atoms with Crippen molar-refractivity contribution in [3.8, 4) is 33.6 Å². The van der Waals surface area contributed by atoms with Crippen LogP contribution >= 0.6 is 0 Å². The van der Waals surface area contributed by atoms with E-state index >= 15 is 19.2 Å². The van der Waals surface area contributed by atoms with Crippen molar-refractivity contribution in [1.82, 2.24) is 29.1 Å². The summed E-state index contributed by atoms with van der Waals surface area (Å²) in [5.41, 5.74) is 11.4. The number of nitrogens with zero attached hydrogens (tertiary/aromatic N) is 8. The maximum atomic E-state index is 16.3. The third-order valence-corrected chi connectivity index (χ3v) is 17.5. The fourth-order valence-corrected chi connectivity index (χ4v) is 13.8. The molecule has 0 atom stereocenters. The summed E-state index contributed by atoms with van der Waals surface area (Å²) in [6.07, 6.45) is 6.73. The maximum Gasteiger partial charge on any atom is 0.266 e. The first-order valence-electron chi connectivity index (χ1n) is 28.3. The molecule has 6 aromatic heterocycles. The smallest absolute Gasteiger partial charge is 0.266 e. The van der Waals surface area contributed by atoms with Gasteiger partial charge in [0.1, 0.15) is 0 Å². The lowest BCUT2D eigenvalue weighted by atomic mass is 9.78. The zero-order valence-corrected chi connectivity index (χ0v) is 45.3. The van der Waals surface area contributed by atoms with Crippen LogP contribution in [0.2, 0.25) is 0 Å². The minimum Gasteiger partial charge on any atom is -0.309 e. The average Bonchev–Trinajstić information content (AvgIpc) is 0.941. The molecule has 0 saturated carbocycles. The summed E-state index contributed by atoms with van der Waals surface area (Å²) in [5.74, 6) is -2.51. The van der Waals surface area contributed by atoms with Gasteiger partial charge in [-0.2, -0.15) is 0 Å². The van der Waals surface area contributed by atoms with Crippen LogP contribution in [0.25, 0.3) is 132 Å². The third kappa shape index (κ3) is 6.51. The highest BCUT2D eigenvalue weighted by molar-refractivity contribution is 6.46. The van der Waals surface area contributed by atoms with Gasteiger partial charge in [0.25, 0.3) is 23.6 Å². The molecule has 0 unspecified atom stereocenters. The maximum absolute atomic E-state index is 16.3.